The van der Waals surface area contributed by atoms with Crippen LogP contribution in [0, 0.1) is 0 Å². The van der Waals surface area contributed by atoms with Gasteiger partial charge in [0.1, 0.15) is 0 Å². The van der Waals surface area contributed by atoms with Gasteiger partial charge in [-0.15, -0.1) is 5.10 Å². The first-order chi connectivity index (χ1) is 10.4. The molecular formula is C14H13ClN4O2S. The lowest BCUT2D eigenvalue weighted by Crippen LogP contribution is -2.04. The molecule has 0 aliphatic carbocycles. The number of nitrogens with one attached hydrogen (secondary N) is 1. The molecule has 1 aromatic carbocycles. The number of hydrogen-bond acceptors (Lipinski definition) is 5. The van der Waals surface area contributed by atoms with E-state index in [2.05, 4.69) is 15.4 Å². The summed E-state index contributed by atoms with van der Waals surface area (Å²) in [5, 5.41) is 7.39. The molecule has 3 rings (SSSR count). The van der Waals surface area contributed by atoms with E-state index in [-0.39, 0.29) is 11.0 Å². The Kier molecular flexibility index (Phi) is 3.76. The van der Waals surface area contributed by atoms with Crippen molar-refractivity contribution in [1.29, 1.82) is 0 Å². The number of sulfone groups is 1. The van der Waals surface area contributed by atoms with Crippen molar-refractivity contribution in [2.75, 3.05) is 11.6 Å². The molecule has 0 aliphatic heterocycles. The number of para-hydroxylation sites is 1. The molecule has 0 atom stereocenters. The topological polar surface area (TPSA) is 76.4 Å². The van der Waals surface area contributed by atoms with Crippen LogP contribution < -0.4 is 5.32 Å². The van der Waals surface area contributed by atoms with Crippen molar-refractivity contribution in [2.24, 2.45) is 0 Å². The minimum absolute atomic E-state index is 0.0350. The lowest BCUT2D eigenvalue weighted by Gasteiger charge is -2.11. The van der Waals surface area contributed by atoms with Crippen LogP contribution in [0.5, 0.6) is 0 Å². The molecule has 0 aliphatic rings. The Morgan fingerprint density at radius 3 is 2.68 bits per heavy atom. The highest BCUT2D eigenvalue weighted by Gasteiger charge is 2.11. The summed E-state index contributed by atoms with van der Waals surface area (Å²) in [7, 11) is -3.12. The molecule has 2 aromatic heterocycles. The van der Waals surface area contributed by atoms with Gasteiger partial charge in [-0.1, -0.05) is 18.2 Å². The van der Waals surface area contributed by atoms with Crippen molar-refractivity contribution in [2.45, 2.75) is 5.75 Å². The Hall–Kier alpha value is -2.12. The largest absolute Gasteiger partial charge is 0.352 e. The molecular weight excluding hydrogens is 324 g/mol. The van der Waals surface area contributed by atoms with Crippen molar-refractivity contribution in [3.63, 3.8) is 0 Å². The molecule has 0 radical (unpaired) electrons. The number of halogens is 1. The van der Waals surface area contributed by atoms with Gasteiger partial charge in [0.05, 0.1) is 11.4 Å². The lowest BCUT2D eigenvalue weighted by molar-refractivity contribution is 0.601. The standard InChI is InChI=1S/C14H13ClN4O2S/c1-22(20,21)9-10-5-2-3-6-11(10)16-12-7-4-8-19-13(12)17-14(15)18-19/h2-8,16H,9H2,1H3. The molecule has 0 bridgehead atoms. The molecule has 0 unspecified atom stereocenters. The highest BCUT2D eigenvalue weighted by Crippen LogP contribution is 2.25. The molecule has 0 saturated heterocycles. The van der Waals surface area contributed by atoms with E-state index in [1.165, 1.54) is 6.26 Å². The molecule has 0 fully saturated rings. The van der Waals surface area contributed by atoms with E-state index in [1.54, 1.807) is 28.9 Å². The van der Waals surface area contributed by atoms with Gasteiger partial charge in [0.25, 0.3) is 0 Å². The predicted octanol–water partition coefficient (Wildman–Crippen LogP) is 2.67. The zero-order valence-electron chi connectivity index (χ0n) is 11.7. The van der Waals surface area contributed by atoms with Gasteiger partial charge < -0.3 is 5.32 Å². The van der Waals surface area contributed by atoms with E-state index in [1.807, 2.05) is 18.2 Å². The van der Waals surface area contributed by atoms with Crippen LogP contribution in [0.4, 0.5) is 11.4 Å². The fraction of sp³-hybridized carbons (Fsp3) is 0.143. The van der Waals surface area contributed by atoms with E-state index in [0.717, 1.165) is 0 Å². The van der Waals surface area contributed by atoms with Gasteiger partial charge in [-0.25, -0.2) is 12.9 Å². The lowest BCUT2D eigenvalue weighted by atomic mass is 10.2. The number of rotatable bonds is 4. The average molecular weight is 337 g/mol. The van der Waals surface area contributed by atoms with Gasteiger partial charge in [0.2, 0.25) is 5.28 Å². The van der Waals surface area contributed by atoms with E-state index in [0.29, 0.717) is 22.6 Å². The molecule has 6 nitrogen and oxygen atoms in total. The van der Waals surface area contributed by atoms with E-state index < -0.39 is 9.84 Å². The van der Waals surface area contributed by atoms with Crippen molar-refractivity contribution in [3.8, 4) is 0 Å². The average Bonchev–Trinajstić information content (AvgIpc) is 2.81. The molecule has 114 valence electrons. The number of hydrogen-bond donors (Lipinski definition) is 1. The van der Waals surface area contributed by atoms with Crippen molar-refractivity contribution < 1.29 is 8.42 Å². The van der Waals surface area contributed by atoms with Crippen LogP contribution in [-0.2, 0) is 15.6 Å². The maximum Gasteiger partial charge on any atom is 0.243 e. The summed E-state index contributed by atoms with van der Waals surface area (Å²) >= 11 is 5.83. The van der Waals surface area contributed by atoms with Gasteiger partial charge >= 0.3 is 0 Å². The normalized spacial score (nSPS) is 11.7. The molecule has 0 amide bonds. The van der Waals surface area contributed by atoms with Crippen LogP contribution in [0.3, 0.4) is 0 Å². The van der Waals surface area contributed by atoms with Crippen LogP contribution in [0.1, 0.15) is 5.56 Å². The van der Waals surface area contributed by atoms with Crippen molar-refractivity contribution in [1.82, 2.24) is 14.6 Å². The molecule has 0 spiro atoms. The number of benzene rings is 1. The zero-order valence-corrected chi connectivity index (χ0v) is 13.3. The zero-order chi connectivity index (χ0) is 15.7. The minimum Gasteiger partial charge on any atom is -0.352 e. The first-order valence-corrected chi connectivity index (χ1v) is 8.90. The van der Waals surface area contributed by atoms with Gasteiger partial charge in [0.15, 0.2) is 15.5 Å². The number of anilines is 2. The minimum atomic E-state index is -3.12. The molecule has 0 saturated carbocycles. The predicted molar refractivity (Wildman–Crippen MR) is 86.3 cm³/mol. The Bertz CT molecular complexity index is 937. The second-order valence-corrected chi connectivity index (χ2v) is 7.40. The summed E-state index contributed by atoms with van der Waals surface area (Å²) in [6.07, 6.45) is 2.95. The summed E-state index contributed by atoms with van der Waals surface area (Å²) in [6.45, 7) is 0. The first kappa shape index (κ1) is 14.8. The highest BCUT2D eigenvalue weighted by molar-refractivity contribution is 7.89. The Labute approximate surface area is 132 Å². The van der Waals surface area contributed by atoms with Gasteiger partial charge in [-0.05, 0) is 35.4 Å². The first-order valence-electron chi connectivity index (χ1n) is 6.46. The third-order valence-corrected chi connectivity index (χ3v) is 4.04. The number of nitrogens with zero attached hydrogens (tertiary/aromatic N) is 3. The third-order valence-electron chi connectivity index (χ3n) is 3.04. The van der Waals surface area contributed by atoms with Crippen LogP contribution in [0.2, 0.25) is 5.28 Å². The van der Waals surface area contributed by atoms with Crippen molar-refractivity contribution >= 4 is 38.5 Å². The summed E-state index contributed by atoms with van der Waals surface area (Å²) in [5.41, 5.74) is 2.67. The summed E-state index contributed by atoms with van der Waals surface area (Å²) in [6, 6.07) is 10.9. The quantitative estimate of drug-likeness (QED) is 0.792. The highest BCUT2D eigenvalue weighted by atomic mass is 35.5. The van der Waals surface area contributed by atoms with Gasteiger partial charge in [-0.3, -0.25) is 0 Å². The van der Waals surface area contributed by atoms with Crippen molar-refractivity contribution in [3.05, 3.63) is 53.4 Å². The van der Waals surface area contributed by atoms with E-state index in [9.17, 15) is 8.42 Å². The molecule has 2 heterocycles. The number of aromatic nitrogens is 3. The second-order valence-electron chi connectivity index (χ2n) is 4.92. The van der Waals surface area contributed by atoms with Crippen LogP contribution in [-0.4, -0.2) is 29.3 Å². The van der Waals surface area contributed by atoms with Crippen LogP contribution in [0.25, 0.3) is 5.65 Å². The van der Waals surface area contributed by atoms with Crippen LogP contribution in [0.15, 0.2) is 42.6 Å². The van der Waals surface area contributed by atoms with E-state index in [4.69, 9.17) is 11.6 Å². The van der Waals surface area contributed by atoms with E-state index >= 15 is 0 Å². The van der Waals surface area contributed by atoms with Gasteiger partial charge in [-0.2, -0.15) is 4.98 Å². The Morgan fingerprint density at radius 1 is 1.18 bits per heavy atom. The second kappa shape index (κ2) is 5.58. The Balaban J connectivity index is 2.02. The summed E-state index contributed by atoms with van der Waals surface area (Å²) in [5.74, 6) is -0.0350. The Morgan fingerprint density at radius 2 is 1.91 bits per heavy atom. The smallest absolute Gasteiger partial charge is 0.243 e. The monoisotopic (exact) mass is 336 g/mol. The third kappa shape index (κ3) is 3.20. The van der Waals surface area contributed by atoms with Crippen LogP contribution >= 0.6 is 11.6 Å². The molecule has 1 N–H and O–H groups in total. The summed E-state index contributed by atoms with van der Waals surface area (Å²) in [4.78, 5) is 4.15. The molecule has 22 heavy (non-hydrogen) atoms. The number of pyridine rings is 1. The number of fused-ring (bicyclic) bond motifs is 1. The SMILES string of the molecule is CS(=O)(=O)Cc1ccccc1Nc1cccn2nc(Cl)nc12. The van der Waals surface area contributed by atoms with Gasteiger partial charge in [0, 0.05) is 18.1 Å². The fourth-order valence-electron chi connectivity index (χ4n) is 2.17. The maximum absolute atomic E-state index is 11.5. The fourth-order valence-corrected chi connectivity index (χ4v) is 3.15. The molecule has 8 heteroatoms. The summed E-state index contributed by atoms with van der Waals surface area (Å²) < 4.78 is 24.7. The maximum atomic E-state index is 11.5. The molecule has 3 aromatic rings.